The van der Waals surface area contributed by atoms with Crippen molar-refractivity contribution in [2.45, 2.75) is 37.8 Å². The van der Waals surface area contributed by atoms with Crippen molar-refractivity contribution in [3.8, 4) is 0 Å². The summed E-state index contributed by atoms with van der Waals surface area (Å²) < 4.78 is 5.57. The Hall–Kier alpha value is -0.380. The van der Waals surface area contributed by atoms with E-state index in [4.69, 9.17) is 10.6 Å². The molecule has 12 heavy (non-hydrogen) atoms. The SMILES string of the molecule is C=CC(CC1CCCCO1)NN. The topological polar surface area (TPSA) is 47.3 Å². The number of ether oxygens (including phenoxy) is 1. The summed E-state index contributed by atoms with van der Waals surface area (Å²) in [6, 6.07) is 0.188. The minimum Gasteiger partial charge on any atom is -0.378 e. The molecule has 0 aliphatic carbocycles. The quantitative estimate of drug-likeness (QED) is 0.375. The Morgan fingerprint density at radius 2 is 2.50 bits per heavy atom. The zero-order valence-electron chi connectivity index (χ0n) is 7.46. The van der Waals surface area contributed by atoms with Gasteiger partial charge >= 0.3 is 0 Å². The van der Waals surface area contributed by atoms with Gasteiger partial charge < -0.3 is 4.74 Å². The summed E-state index contributed by atoms with van der Waals surface area (Å²) in [5.74, 6) is 5.32. The predicted octanol–water partition coefficient (Wildman–Crippen LogP) is 0.964. The van der Waals surface area contributed by atoms with Crippen molar-refractivity contribution >= 4 is 0 Å². The van der Waals surface area contributed by atoms with Crippen molar-refractivity contribution in [2.24, 2.45) is 5.84 Å². The Morgan fingerprint density at radius 3 is 3.00 bits per heavy atom. The summed E-state index contributed by atoms with van der Waals surface area (Å²) in [6.07, 6.45) is 6.78. The number of rotatable bonds is 4. The van der Waals surface area contributed by atoms with Gasteiger partial charge in [0.2, 0.25) is 0 Å². The Labute approximate surface area is 73.9 Å². The third kappa shape index (κ3) is 2.93. The molecule has 2 unspecified atom stereocenters. The van der Waals surface area contributed by atoms with Gasteiger partial charge in [0, 0.05) is 12.6 Å². The Balaban J connectivity index is 2.22. The molecule has 0 aromatic rings. The Kier molecular flexibility index (Phi) is 4.29. The lowest BCUT2D eigenvalue weighted by atomic mass is 10.0. The molecule has 0 aromatic heterocycles. The summed E-state index contributed by atoms with van der Waals surface area (Å²) in [7, 11) is 0. The standard InChI is InChI=1S/C9H18N2O/c1-2-8(11-10)7-9-5-3-4-6-12-9/h2,8-9,11H,1,3-7,10H2. The first-order chi connectivity index (χ1) is 5.86. The highest BCUT2D eigenvalue weighted by atomic mass is 16.5. The summed E-state index contributed by atoms with van der Waals surface area (Å²) in [5, 5.41) is 0. The first-order valence-corrected chi connectivity index (χ1v) is 4.57. The molecule has 0 saturated carbocycles. The van der Waals surface area contributed by atoms with Crippen LogP contribution in [-0.2, 0) is 4.74 Å². The van der Waals surface area contributed by atoms with Crippen LogP contribution in [0.1, 0.15) is 25.7 Å². The highest BCUT2D eigenvalue weighted by Crippen LogP contribution is 2.16. The largest absolute Gasteiger partial charge is 0.378 e. The molecule has 1 fully saturated rings. The average Bonchev–Trinajstić information content (AvgIpc) is 2.16. The van der Waals surface area contributed by atoms with Crippen LogP contribution in [0.4, 0.5) is 0 Å². The first-order valence-electron chi connectivity index (χ1n) is 4.57. The predicted molar refractivity (Wildman–Crippen MR) is 49.5 cm³/mol. The van der Waals surface area contributed by atoms with Gasteiger partial charge in [-0.2, -0.15) is 0 Å². The van der Waals surface area contributed by atoms with Gasteiger partial charge in [0.1, 0.15) is 0 Å². The van der Waals surface area contributed by atoms with E-state index in [1.807, 2.05) is 6.08 Å². The van der Waals surface area contributed by atoms with Gasteiger partial charge in [0.25, 0.3) is 0 Å². The van der Waals surface area contributed by atoms with Crippen molar-refractivity contribution in [2.75, 3.05) is 6.61 Å². The molecule has 0 radical (unpaired) electrons. The van der Waals surface area contributed by atoms with Gasteiger partial charge in [0.05, 0.1) is 6.10 Å². The molecule has 3 nitrogen and oxygen atoms in total. The summed E-state index contributed by atoms with van der Waals surface area (Å²) in [5.41, 5.74) is 2.70. The van der Waals surface area contributed by atoms with Crippen LogP contribution < -0.4 is 11.3 Å². The molecule has 1 aliphatic heterocycles. The van der Waals surface area contributed by atoms with Crippen LogP contribution in [0.15, 0.2) is 12.7 Å². The van der Waals surface area contributed by atoms with Gasteiger partial charge in [0.15, 0.2) is 0 Å². The number of nitrogens with two attached hydrogens (primary N) is 1. The van der Waals surface area contributed by atoms with E-state index < -0.39 is 0 Å². The molecule has 2 atom stereocenters. The summed E-state index contributed by atoms with van der Waals surface area (Å²) in [4.78, 5) is 0. The second-order valence-electron chi connectivity index (χ2n) is 3.23. The molecule has 1 rings (SSSR count). The molecule has 3 heteroatoms. The third-order valence-corrected chi connectivity index (χ3v) is 2.29. The van der Waals surface area contributed by atoms with E-state index in [0.29, 0.717) is 6.10 Å². The fourth-order valence-corrected chi connectivity index (χ4v) is 1.51. The van der Waals surface area contributed by atoms with Gasteiger partial charge in [-0.3, -0.25) is 11.3 Å². The fourth-order valence-electron chi connectivity index (χ4n) is 1.51. The molecule has 0 amide bonds. The van der Waals surface area contributed by atoms with E-state index in [1.54, 1.807) is 0 Å². The van der Waals surface area contributed by atoms with Gasteiger partial charge in [-0.25, -0.2) is 0 Å². The third-order valence-electron chi connectivity index (χ3n) is 2.29. The Bertz CT molecular complexity index is 132. The highest BCUT2D eigenvalue weighted by molar-refractivity contribution is 4.86. The lowest BCUT2D eigenvalue weighted by molar-refractivity contribution is 0.00787. The van der Waals surface area contributed by atoms with Crippen molar-refractivity contribution in [3.05, 3.63) is 12.7 Å². The molecule has 0 spiro atoms. The maximum Gasteiger partial charge on any atom is 0.0593 e. The van der Waals surface area contributed by atoms with Crippen LogP contribution in [0.3, 0.4) is 0 Å². The maximum atomic E-state index is 5.57. The molecule has 1 saturated heterocycles. The molecule has 0 bridgehead atoms. The first kappa shape index (κ1) is 9.71. The van der Waals surface area contributed by atoms with Crippen molar-refractivity contribution < 1.29 is 4.74 Å². The molecule has 1 aliphatic rings. The molecule has 3 N–H and O–H groups in total. The molecular formula is C9H18N2O. The van der Waals surface area contributed by atoms with Crippen LogP contribution in [-0.4, -0.2) is 18.8 Å². The number of hydrogen-bond donors (Lipinski definition) is 2. The van der Waals surface area contributed by atoms with Crippen molar-refractivity contribution in [1.82, 2.24) is 5.43 Å². The number of hydrazine groups is 1. The second kappa shape index (κ2) is 5.30. The monoisotopic (exact) mass is 170 g/mol. The summed E-state index contributed by atoms with van der Waals surface area (Å²) in [6.45, 7) is 4.60. The maximum absolute atomic E-state index is 5.57. The lowest BCUT2D eigenvalue weighted by Crippen LogP contribution is -2.37. The van der Waals surface area contributed by atoms with E-state index in [2.05, 4.69) is 12.0 Å². The number of nitrogens with one attached hydrogen (secondary N) is 1. The van der Waals surface area contributed by atoms with E-state index in [0.717, 1.165) is 19.4 Å². The van der Waals surface area contributed by atoms with E-state index >= 15 is 0 Å². The average molecular weight is 170 g/mol. The van der Waals surface area contributed by atoms with Crippen LogP contribution in [0.25, 0.3) is 0 Å². The fraction of sp³-hybridized carbons (Fsp3) is 0.778. The molecule has 1 heterocycles. The van der Waals surface area contributed by atoms with E-state index in [-0.39, 0.29) is 6.04 Å². The van der Waals surface area contributed by atoms with Crippen LogP contribution in [0.2, 0.25) is 0 Å². The normalized spacial score (nSPS) is 26.6. The zero-order valence-corrected chi connectivity index (χ0v) is 7.46. The van der Waals surface area contributed by atoms with Crippen LogP contribution >= 0.6 is 0 Å². The van der Waals surface area contributed by atoms with Crippen LogP contribution in [0, 0.1) is 0 Å². The number of hydrogen-bond acceptors (Lipinski definition) is 3. The van der Waals surface area contributed by atoms with Crippen LogP contribution in [0.5, 0.6) is 0 Å². The second-order valence-corrected chi connectivity index (χ2v) is 3.23. The summed E-state index contributed by atoms with van der Waals surface area (Å²) >= 11 is 0. The smallest absolute Gasteiger partial charge is 0.0593 e. The van der Waals surface area contributed by atoms with E-state index in [9.17, 15) is 0 Å². The van der Waals surface area contributed by atoms with Crippen molar-refractivity contribution in [3.63, 3.8) is 0 Å². The minimum atomic E-state index is 0.188. The van der Waals surface area contributed by atoms with Gasteiger partial charge in [-0.05, 0) is 25.7 Å². The minimum absolute atomic E-state index is 0.188. The van der Waals surface area contributed by atoms with Crippen molar-refractivity contribution in [1.29, 1.82) is 0 Å². The Morgan fingerprint density at radius 1 is 1.67 bits per heavy atom. The van der Waals surface area contributed by atoms with Gasteiger partial charge in [-0.1, -0.05) is 6.08 Å². The molecule has 0 aromatic carbocycles. The molecular weight excluding hydrogens is 152 g/mol. The van der Waals surface area contributed by atoms with Gasteiger partial charge in [-0.15, -0.1) is 6.58 Å². The van der Waals surface area contributed by atoms with E-state index in [1.165, 1.54) is 12.8 Å². The molecule has 70 valence electrons. The zero-order chi connectivity index (χ0) is 8.81. The lowest BCUT2D eigenvalue weighted by Gasteiger charge is -2.25. The highest BCUT2D eigenvalue weighted by Gasteiger charge is 2.16.